The molecule has 1 atom stereocenters. The molecule has 0 aliphatic carbocycles. The molecule has 1 aromatic rings. The number of halogens is 5. The van der Waals surface area contributed by atoms with Crippen molar-refractivity contribution in [3.05, 3.63) is 27.7 Å². The third-order valence-corrected chi connectivity index (χ3v) is 10.5. The number of piperazine rings is 1. The van der Waals surface area contributed by atoms with E-state index in [1.807, 2.05) is 0 Å². The van der Waals surface area contributed by atoms with Crippen LogP contribution in [-0.4, -0.2) is 111 Å². The van der Waals surface area contributed by atoms with Crippen LogP contribution in [0.2, 0.25) is 10.0 Å². The fourth-order valence-electron chi connectivity index (χ4n) is 5.45. The molecule has 0 N–H and O–H groups in total. The molecule has 0 spiro atoms. The minimum absolute atomic E-state index is 0.0175. The van der Waals surface area contributed by atoms with Crippen LogP contribution in [0, 0.1) is 0 Å². The van der Waals surface area contributed by atoms with Gasteiger partial charge < -0.3 is 14.5 Å². The highest BCUT2D eigenvalue weighted by atomic mass is 35.5. The van der Waals surface area contributed by atoms with Gasteiger partial charge in [-0.15, -0.1) is 0 Å². The lowest BCUT2D eigenvalue weighted by molar-refractivity contribution is -0.139. The average Bonchev–Trinajstić information content (AvgIpc) is 3.33. The molecule has 1 unspecified atom stereocenters. The van der Waals surface area contributed by atoms with Crippen molar-refractivity contribution in [3.63, 3.8) is 0 Å². The van der Waals surface area contributed by atoms with Crippen molar-refractivity contribution >= 4 is 39.1 Å². The first kappa shape index (κ1) is 29.8. The zero-order chi connectivity index (χ0) is 27.7. The zero-order valence-corrected chi connectivity index (χ0v) is 23.6. The van der Waals surface area contributed by atoms with Crippen LogP contribution in [0.3, 0.4) is 0 Å². The highest BCUT2D eigenvalue weighted by Crippen LogP contribution is 2.40. The standard InChI is InChI=1S/C24H33Cl2F3N4O4S/c1-30-7-4-18(5-8-30)31-9-11-32(12-10-31)22(34)16-37-15-19-3-2-6-33(19)38(35,36)23-20(25)13-17(14-21(23)26)24(27,28)29/h13-14,18-19H,2-12,15-16H2,1H3. The molecule has 3 heterocycles. The Morgan fingerprint density at radius 2 is 1.61 bits per heavy atom. The smallest absolute Gasteiger partial charge is 0.370 e. The number of sulfonamides is 1. The van der Waals surface area contributed by atoms with E-state index in [0.717, 1.165) is 43.3 Å². The average molecular weight is 602 g/mol. The Morgan fingerprint density at radius 3 is 2.18 bits per heavy atom. The molecule has 4 rings (SSSR count). The number of carbonyl (C=O) groups is 1. The van der Waals surface area contributed by atoms with E-state index in [0.29, 0.717) is 44.1 Å². The highest BCUT2D eigenvalue weighted by Gasteiger charge is 2.40. The Kier molecular flexibility index (Phi) is 9.54. The van der Waals surface area contributed by atoms with Gasteiger partial charge in [0.25, 0.3) is 0 Å². The summed E-state index contributed by atoms with van der Waals surface area (Å²) in [5.41, 5.74) is -1.13. The third-order valence-electron chi connectivity index (χ3n) is 7.62. The van der Waals surface area contributed by atoms with Gasteiger partial charge in [0.1, 0.15) is 11.5 Å². The maximum atomic E-state index is 13.3. The quantitative estimate of drug-likeness (QED) is 0.477. The summed E-state index contributed by atoms with van der Waals surface area (Å²) in [6, 6.07) is 1.10. The minimum Gasteiger partial charge on any atom is -0.370 e. The number of benzene rings is 1. The highest BCUT2D eigenvalue weighted by molar-refractivity contribution is 7.89. The molecular weight excluding hydrogens is 568 g/mol. The van der Waals surface area contributed by atoms with E-state index < -0.39 is 42.7 Å². The van der Waals surface area contributed by atoms with Gasteiger partial charge in [-0.2, -0.15) is 17.5 Å². The van der Waals surface area contributed by atoms with Gasteiger partial charge in [0.15, 0.2) is 0 Å². The summed E-state index contributed by atoms with van der Waals surface area (Å²) in [5, 5.41) is -1.18. The fourth-order valence-corrected chi connectivity index (χ4v) is 8.30. The summed E-state index contributed by atoms with van der Waals surface area (Å²) in [6.45, 7) is 5.04. The lowest BCUT2D eigenvalue weighted by Gasteiger charge is -2.42. The number of likely N-dealkylation sites (tertiary alicyclic amines) is 1. The van der Waals surface area contributed by atoms with Crippen LogP contribution >= 0.6 is 23.2 Å². The Balaban J connectivity index is 1.30. The summed E-state index contributed by atoms with van der Waals surface area (Å²) in [5.74, 6) is -0.144. The molecule has 3 aliphatic heterocycles. The molecule has 1 aromatic carbocycles. The van der Waals surface area contributed by atoms with E-state index in [1.54, 1.807) is 4.90 Å². The van der Waals surface area contributed by atoms with Crippen LogP contribution < -0.4 is 0 Å². The molecule has 3 saturated heterocycles. The molecule has 214 valence electrons. The van der Waals surface area contributed by atoms with Crippen LogP contribution in [-0.2, 0) is 25.7 Å². The predicted octanol–water partition coefficient (Wildman–Crippen LogP) is 3.42. The number of hydrogen-bond acceptors (Lipinski definition) is 6. The van der Waals surface area contributed by atoms with Crippen molar-refractivity contribution in [1.29, 1.82) is 0 Å². The van der Waals surface area contributed by atoms with Gasteiger partial charge in [0, 0.05) is 44.8 Å². The van der Waals surface area contributed by atoms with Gasteiger partial charge in [-0.3, -0.25) is 9.69 Å². The second kappa shape index (κ2) is 12.2. The Morgan fingerprint density at radius 1 is 1.00 bits per heavy atom. The maximum absolute atomic E-state index is 13.3. The zero-order valence-electron chi connectivity index (χ0n) is 21.2. The first-order valence-electron chi connectivity index (χ1n) is 12.7. The summed E-state index contributed by atoms with van der Waals surface area (Å²) in [6.07, 6.45) is -1.42. The summed E-state index contributed by atoms with van der Waals surface area (Å²) in [4.78, 5) is 18.7. The van der Waals surface area contributed by atoms with Gasteiger partial charge in [0.2, 0.25) is 15.9 Å². The topological polar surface area (TPSA) is 73.4 Å². The summed E-state index contributed by atoms with van der Waals surface area (Å²) < 4.78 is 72.6. The third kappa shape index (κ3) is 6.76. The Hall–Kier alpha value is -1.15. The number of piperidine rings is 1. The van der Waals surface area contributed by atoms with Crippen LogP contribution in [0.15, 0.2) is 17.0 Å². The number of ether oxygens (including phenoxy) is 1. The van der Waals surface area contributed by atoms with E-state index in [2.05, 4.69) is 16.8 Å². The van der Waals surface area contributed by atoms with Crippen LogP contribution in [0.1, 0.15) is 31.2 Å². The van der Waals surface area contributed by atoms with E-state index in [1.165, 1.54) is 0 Å². The van der Waals surface area contributed by atoms with E-state index in [-0.39, 0.29) is 25.7 Å². The van der Waals surface area contributed by atoms with E-state index in [4.69, 9.17) is 27.9 Å². The van der Waals surface area contributed by atoms with Crippen LogP contribution in [0.5, 0.6) is 0 Å². The van der Waals surface area contributed by atoms with Crippen molar-refractivity contribution in [3.8, 4) is 0 Å². The van der Waals surface area contributed by atoms with Crippen molar-refractivity contribution in [2.24, 2.45) is 0 Å². The second-order valence-electron chi connectivity index (χ2n) is 10.1. The lowest BCUT2D eigenvalue weighted by atomic mass is 10.0. The molecule has 3 fully saturated rings. The monoisotopic (exact) mass is 600 g/mol. The molecule has 0 bridgehead atoms. The Labute approximate surface area is 231 Å². The van der Waals surface area contributed by atoms with Crippen molar-refractivity contribution in [2.45, 2.75) is 48.8 Å². The normalized spacial score (nSPS) is 23.3. The molecular formula is C24H33Cl2F3N4O4S. The summed E-state index contributed by atoms with van der Waals surface area (Å²) in [7, 11) is -2.15. The number of alkyl halides is 3. The molecule has 38 heavy (non-hydrogen) atoms. The maximum Gasteiger partial charge on any atom is 0.416 e. The SMILES string of the molecule is CN1CCC(N2CCN(C(=O)COCC3CCCN3S(=O)(=O)c3c(Cl)cc(C(F)(F)F)cc3Cl)CC2)CC1. The van der Waals surface area contributed by atoms with Crippen LogP contribution in [0.25, 0.3) is 0 Å². The Bertz CT molecular complexity index is 1090. The van der Waals surface area contributed by atoms with Crippen molar-refractivity contribution < 1.29 is 31.1 Å². The number of rotatable bonds is 7. The van der Waals surface area contributed by atoms with Gasteiger partial charge in [-0.1, -0.05) is 23.2 Å². The largest absolute Gasteiger partial charge is 0.416 e. The molecule has 0 radical (unpaired) electrons. The van der Waals surface area contributed by atoms with Gasteiger partial charge >= 0.3 is 6.18 Å². The number of nitrogens with zero attached hydrogens (tertiary/aromatic N) is 4. The molecule has 3 aliphatic rings. The first-order chi connectivity index (χ1) is 17.9. The van der Waals surface area contributed by atoms with Crippen molar-refractivity contribution in [1.82, 2.24) is 19.0 Å². The minimum atomic E-state index is -4.72. The molecule has 0 saturated carbocycles. The second-order valence-corrected chi connectivity index (χ2v) is 12.8. The van der Waals surface area contributed by atoms with Crippen molar-refractivity contribution in [2.75, 3.05) is 66.1 Å². The molecule has 0 aromatic heterocycles. The fraction of sp³-hybridized carbons (Fsp3) is 0.708. The van der Waals surface area contributed by atoms with E-state index in [9.17, 15) is 26.4 Å². The predicted molar refractivity (Wildman–Crippen MR) is 138 cm³/mol. The summed E-state index contributed by atoms with van der Waals surface area (Å²) >= 11 is 11.9. The molecule has 1 amide bonds. The van der Waals surface area contributed by atoms with Crippen LogP contribution in [0.4, 0.5) is 13.2 Å². The van der Waals surface area contributed by atoms with E-state index >= 15 is 0 Å². The van der Waals surface area contributed by atoms with Gasteiger partial charge in [0.05, 0.1) is 22.2 Å². The molecule has 8 nitrogen and oxygen atoms in total. The lowest BCUT2D eigenvalue weighted by Crippen LogP contribution is -2.54. The number of amides is 1. The first-order valence-corrected chi connectivity index (χ1v) is 14.9. The number of hydrogen-bond donors (Lipinski definition) is 0. The van der Waals surface area contributed by atoms with Gasteiger partial charge in [-0.25, -0.2) is 8.42 Å². The van der Waals surface area contributed by atoms with Gasteiger partial charge in [-0.05, 0) is 58.0 Å². The number of carbonyl (C=O) groups excluding carboxylic acids is 1. The molecule has 14 heteroatoms.